The van der Waals surface area contributed by atoms with Crippen LogP contribution in [0.3, 0.4) is 0 Å². The standard InChI is InChI=1S/C16H14FN3O4/c17-12-5-3-11(4-6-12)16(22)19-14(15(18)21)9-10-1-7-13(8-2-10)20(23)24/h1-8,14H,9H2,(H2,18,21)(H,19,22)/t14-/m1/s1. The average molecular weight is 331 g/mol. The van der Waals surface area contributed by atoms with Gasteiger partial charge in [-0.05, 0) is 29.8 Å². The van der Waals surface area contributed by atoms with Crippen molar-refractivity contribution in [3.63, 3.8) is 0 Å². The van der Waals surface area contributed by atoms with Crippen LogP contribution < -0.4 is 11.1 Å². The number of carbonyl (C=O) groups excluding carboxylic acids is 2. The van der Waals surface area contributed by atoms with Crippen molar-refractivity contribution in [3.8, 4) is 0 Å². The molecule has 2 aromatic carbocycles. The van der Waals surface area contributed by atoms with E-state index in [-0.39, 0.29) is 17.7 Å². The second kappa shape index (κ2) is 7.32. The monoisotopic (exact) mass is 331 g/mol. The van der Waals surface area contributed by atoms with Crippen LogP contribution in [0.15, 0.2) is 48.5 Å². The third-order valence-electron chi connectivity index (χ3n) is 3.34. The molecule has 0 saturated heterocycles. The predicted octanol–water partition coefficient (Wildman–Crippen LogP) is 1.56. The SMILES string of the molecule is NC(=O)[C@@H](Cc1ccc([N+](=O)[O-])cc1)NC(=O)c1ccc(F)cc1. The van der Waals surface area contributed by atoms with Gasteiger partial charge in [0.1, 0.15) is 11.9 Å². The average Bonchev–Trinajstić information content (AvgIpc) is 2.55. The first kappa shape index (κ1) is 17.1. The minimum absolute atomic E-state index is 0.0790. The quantitative estimate of drug-likeness (QED) is 0.617. The molecular weight excluding hydrogens is 317 g/mol. The number of primary amides is 1. The summed E-state index contributed by atoms with van der Waals surface area (Å²) >= 11 is 0. The molecule has 2 rings (SSSR count). The van der Waals surface area contributed by atoms with Gasteiger partial charge in [-0.2, -0.15) is 0 Å². The lowest BCUT2D eigenvalue weighted by Gasteiger charge is -2.15. The number of benzene rings is 2. The summed E-state index contributed by atoms with van der Waals surface area (Å²) in [4.78, 5) is 33.7. The first-order chi connectivity index (χ1) is 11.4. The second-order valence-electron chi connectivity index (χ2n) is 5.06. The summed E-state index contributed by atoms with van der Waals surface area (Å²) in [6.45, 7) is 0. The van der Waals surface area contributed by atoms with Crippen molar-refractivity contribution in [2.45, 2.75) is 12.5 Å². The van der Waals surface area contributed by atoms with Crippen LogP contribution in [0.4, 0.5) is 10.1 Å². The van der Waals surface area contributed by atoms with Crippen molar-refractivity contribution in [3.05, 3.63) is 75.6 Å². The second-order valence-corrected chi connectivity index (χ2v) is 5.06. The third-order valence-corrected chi connectivity index (χ3v) is 3.34. The molecule has 8 heteroatoms. The molecule has 0 unspecified atom stereocenters. The summed E-state index contributed by atoms with van der Waals surface area (Å²) in [5, 5.41) is 13.1. The summed E-state index contributed by atoms with van der Waals surface area (Å²) in [6, 6.07) is 9.41. The van der Waals surface area contributed by atoms with Crippen molar-refractivity contribution in [2.75, 3.05) is 0 Å². The topological polar surface area (TPSA) is 115 Å². The van der Waals surface area contributed by atoms with E-state index in [2.05, 4.69) is 5.32 Å². The number of nitro benzene ring substituents is 1. The molecule has 24 heavy (non-hydrogen) atoms. The molecule has 0 aliphatic rings. The Balaban J connectivity index is 2.09. The molecule has 124 valence electrons. The third kappa shape index (κ3) is 4.35. The van der Waals surface area contributed by atoms with Gasteiger partial charge in [0.05, 0.1) is 4.92 Å². The van der Waals surface area contributed by atoms with E-state index in [1.54, 1.807) is 0 Å². The van der Waals surface area contributed by atoms with Gasteiger partial charge in [-0.3, -0.25) is 19.7 Å². The summed E-state index contributed by atoms with van der Waals surface area (Å²) in [6.07, 6.45) is 0.0836. The fraction of sp³-hybridized carbons (Fsp3) is 0.125. The van der Waals surface area contributed by atoms with Gasteiger partial charge in [0.2, 0.25) is 5.91 Å². The van der Waals surface area contributed by atoms with Crippen LogP contribution in [0.1, 0.15) is 15.9 Å². The molecule has 0 spiro atoms. The number of carbonyl (C=O) groups is 2. The van der Waals surface area contributed by atoms with E-state index in [9.17, 15) is 24.1 Å². The Labute approximate surface area is 136 Å². The van der Waals surface area contributed by atoms with Crippen molar-refractivity contribution < 1.29 is 18.9 Å². The number of amides is 2. The number of nitrogens with zero attached hydrogens (tertiary/aromatic N) is 1. The number of halogens is 1. The van der Waals surface area contributed by atoms with E-state index in [4.69, 9.17) is 5.73 Å². The maximum absolute atomic E-state index is 12.9. The Morgan fingerprint density at radius 1 is 1.12 bits per heavy atom. The lowest BCUT2D eigenvalue weighted by Crippen LogP contribution is -2.45. The molecule has 1 atom stereocenters. The van der Waals surface area contributed by atoms with Crippen molar-refractivity contribution >= 4 is 17.5 Å². The maximum Gasteiger partial charge on any atom is 0.269 e. The fourth-order valence-corrected chi connectivity index (χ4v) is 2.06. The molecule has 0 fully saturated rings. The predicted molar refractivity (Wildman–Crippen MR) is 83.6 cm³/mol. The number of non-ortho nitro benzene ring substituents is 1. The van der Waals surface area contributed by atoms with E-state index >= 15 is 0 Å². The summed E-state index contributed by atoms with van der Waals surface area (Å²) in [7, 11) is 0. The Hall–Kier alpha value is -3.29. The molecular formula is C16H14FN3O4. The van der Waals surface area contributed by atoms with Crippen LogP contribution in [0, 0.1) is 15.9 Å². The largest absolute Gasteiger partial charge is 0.368 e. The van der Waals surface area contributed by atoms with Gasteiger partial charge < -0.3 is 11.1 Å². The lowest BCUT2D eigenvalue weighted by atomic mass is 10.0. The van der Waals surface area contributed by atoms with Crippen molar-refractivity contribution in [1.29, 1.82) is 0 Å². The highest BCUT2D eigenvalue weighted by Crippen LogP contribution is 2.13. The number of rotatable bonds is 6. The number of hydrogen-bond acceptors (Lipinski definition) is 4. The normalized spacial score (nSPS) is 11.5. The van der Waals surface area contributed by atoms with E-state index in [1.165, 1.54) is 36.4 Å². The van der Waals surface area contributed by atoms with Gasteiger partial charge in [0.15, 0.2) is 0 Å². The molecule has 2 aromatic rings. The number of hydrogen-bond donors (Lipinski definition) is 2. The van der Waals surface area contributed by atoms with Crippen LogP contribution in [-0.4, -0.2) is 22.8 Å². The molecule has 0 bridgehead atoms. The zero-order chi connectivity index (χ0) is 17.7. The molecule has 7 nitrogen and oxygen atoms in total. The minimum atomic E-state index is -0.996. The molecule has 0 aromatic heterocycles. The summed E-state index contributed by atoms with van der Waals surface area (Å²) in [5.41, 5.74) is 6.00. The van der Waals surface area contributed by atoms with Gasteiger partial charge in [0, 0.05) is 24.1 Å². The fourth-order valence-electron chi connectivity index (χ4n) is 2.06. The molecule has 0 saturated carbocycles. The zero-order valence-corrected chi connectivity index (χ0v) is 12.4. The van der Waals surface area contributed by atoms with E-state index in [0.717, 1.165) is 12.1 Å². The molecule has 0 aliphatic heterocycles. The Morgan fingerprint density at radius 3 is 2.21 bits per heavy atom. The van der Waals surface area contributed by atoms with Crippen LogP contribution >= 0.6 is 0 Å². The summed E-state index contributed by atoms with van der Waals surface area (Å²) < 4.78 is 12.9. The van der Waals surface area contributed by atoms with Crippen LogP contribution in [0.25, 0.3) is 0 Å². The van der Waals surface area contributed by atoms with Crippen LogP contribution in [-0.2, 0) is 11.2 Å². The number of nitro groups is 1. The summed E-state index contributed by atoms with van der Waals surface area (Å²) in [5.74, 6) is -1.80. The van der Waals surface area contributed by atoms with Gasteiger partial charge in [-0.1, -0.05) is 12.1 Å². The molecule has 0 aliphatic carbocycles. The molecule has 0 radical (unpaired) electrons. The van der Waals surface area contributed by atoms with Crippen LogP contribution in [0.5, 0.6) is 0 Å². The maximum atomic E-state index is 12.9. The first-order valence-electron chi connectivity index (χ1n) is 6.96. The van der Waals surface area contributed by atoms with Crippen LogP contribution in [0.2, 0.25) is 0 Å². The molecule has 0 heterocycles. The van der Waals surface area contributed by atoms with Gasteiger partial charge in [-0.25, -0.2) is 4.39 Å². The highest BCUT2D eigenvalue weighted by molar-refractivity contribution is 5.97. The lowest BCUT2D eigenvalue weighted by molar-refractivity contribution is -0.384. The van der Waals surface area contributed by atoms with E-state index < -0.39 is 28.6 Å². The smallest absolute Gasteiger partial charge is 0.269 e. The zero-order valence-electron chi connectivity index (χ0n) is 12.4. The highest BCUT2D eigenvalue weighted by atomic mass is 19.1. The van der Waals surface area contributed by atoms with E-state index in [0.29, 0.717) is 5.56 Å². The van der Waals surface area contributed by atoms with Crippen molar-refractivity contribution in [2.24, 2.45) is 5.73 Å². The number of nitrogens with one attached hydrogen (secondary N) is 1. The van der Waals surface area contributed by atoms with Crippen molar-refractivity contribution in [1.82, 2.24) is 5.32 Å². The molecule has 3 N–H and O–H groups in total. The minimum Gasteiger partial charge on any atom is -0.368 e. The van der Waals surface area contributed by atoms with Gasteiger partial charge in [0.25, 0.3) is 11.6 Å². The van der Waals surface area contributed by atoms with E-state index in [1.807, 2.05) is 0 Å². The van der Waals surface area contributed by atoms with Gasteiger partial charge >= 0.3 is 0 Å². The Bertz CT molecular complexity index is 760. The highest BCUT2D eigenvalue weighted by Gasteiger charge is 2.20. The number of nitrogens with two attached hydrogens (primary N) is 1. The molecule has 2 amide bonds. The van der Waals surface area contributed by atoms with Gasteiger partial charge in [-0.15, -0.1) is 0 Å². The Morgan fingerprint density at radius 2 is 1.71 bits per heavy atom. The first-order valence-corrected chi connectivity index (χ1v) is 6.96. The Kier molecular flexibility index (Phi) is 5.20.